The number of unbranched alkanes of at least 4 members (excludes halogenated alkanes) is 29. The van der Waals surface area contributed by atoms with Gasteiger partial charge in [0.05, 0.1) is 33.8 Å². The van der Waals surface area contributed by atoms with E-state index in [-0.39, 0.29) is 31.5 Å². The van der Waals surface area contributed by atoms with Crippen LogP contribution in [0.2, 0.25) is 0 Å². The largest absolute Gasteiger partial charge is 0.472 e. The number of carbonyl (C=O) groups excluding carboxylic acids is 2. The lowest BCUT2D eigenvalue weighted by Gasteiger charge is -2.27. The molecule has 80 heavy (non-hydrogen) atoms. The Labute approximate surface area is 494 Å². The molecule has 0 radical (unpaired) electrons. The predicted octanol–water partition coefficient (Wildman–Crippen LogP) is 20.7. The van der Waals surface area contributed by atoms with Crippen molar-refractivity contribution in [3.8, 4) is 0 Å². The smallest absolute Gasteiger partial charge is 0.456 e. The molecule has 0 aliphatic rings. The lowest BCUT2D eigenvalue weighted by molar-refractivity contribution is -0.870. The van der Waals surface area contributed by atoms with E-state index in [4.69, 9.17) is 13.8 Å². The normalized spacial score (nSPS) is 14.2. The summed E-state index contributed by atoms with van der Waals surface area (Å²) in [5, 5.41) is 3.06. The van der Waals surface area contributed by atoms with E-state index >= 15 is 0 Å². The summed E-state index contributed by atoms with van der Waals surface area (Å²) in [6.45, 7) is 6.86. The van der Waals surface area contributed by atoms with Crippen molar-refractivity contribution >= 4 is 19.7 Å². The van der Waals surface area contributed by atoms with E-state index in [1.54, 1.807) is 0 Å². The molecule has 0 aromatic carbocycles. The third-order valence-corrected chi connectivity index (χ3v) is 15.2. The Morgan fingerprint density at radius 1 is 0.450 bits per heavy atom. The average Bonchev–Trinajstić information content (AvgIpc) is 3.42. The lowest BCUT2D eigenvalue weighted by Crippen LogP contribution is -2.47. The van der Waals surface area contributed by atoms with Gasteiger partial charge in [-0.2, -0.15) is 0 Å². The number of esters is 1. The van der Waals surface area contributed by atoms with Crippen molar-refractivity contribution in [3.05, 3.63) is 97.2 Å². The second kappa shape index (κ2) is 59.1. The molecule has 0 heterocycles. The zero-order valence-electron chi connectivity index (χ0n) is 52.8. The molecule has 10 heteroatoms. The number of hydrogen-bond acceptors (Lipinski definition) is 6. The molecule has 0 aromatic rings. The number of hydrogen-bond donors (Lipinski definition) is 2. The highest BCUT2D eigenvalue weighted by Crippen LogP contribution is 2.43. The Balaban J connectivity index is 5.12. The van der Waals surface area contributed by atoms with Gasteiger partial charge in [-0.25, -0.2) is 4.57 Å². The molecule has 1 amide bonds. The monoisotopic (exact) mass is 1140 g/mol. The van der Waals surface area contributed by atoms with Crippen LogP contribution in [0.25, 0.3) is 0 Å². The van der Waals surface area contributed by atoms with E-state index in [0.29, 0.717) is 23.9 Å². The summed E-state index contributed by atoms with van der Waals surface area (Å²) in [4.78, 5) is 37.8. The number of quaternary nitrogens is 1. The van der Waals surface area contributed by atoms with Crippen LogP contribution in [0.5, 0.6) is 0 Å². The van der Waals surface area contributed by atoms with Gasteiger partial charge in [0.2, 0.25) is 5.91 Å². The summed E-state index contributed by atoms with van der Waals surface area (Å²) in [5.41, 5.74) is 0. The van der Waals surface area contributed by atoms with Gasteiger partial charge < -0.3 is 19.4 Å². The van der Waals surface area contributed by atoms with Gasteiger partial charge in [-0.1, -0.05) is 260 Å². The number of likely N-dealkylation sites (N-methyl/N-ethyl adjacent to an activating group) is 1. The minimum Gasteiger partial charge on any atom is -0.456 e. The third kappa shape index (κ3) is 59.5. The topological polar surface area (TPSA) is 111 Å². The van der Waals surface area contributed by atoms with Crippen LogP contribution in [0, 0.1) is 0 Å². The number of nitrogens with one attached hydrogen (secondary N) is 1. The highest BCUT2D eigenvalue weighted by molar-refractivity contribution is 7.47. The summed E-state index contributed by atoms with van der Waals surface area (Å²) in [5.74, 6) is -0.534. The van der Waals surface area contributed by atoms with Crippen LogP contribution in [-0.4, -0.2) is 74.3 Å². The average molecular weight is 1140 g/mol. The van der Waals surface area contributed by atoms with Gasteiger partial charge in [0, 0.05) is 12.8 Å². The zero-order chi connectivity index (χ0) is 58.6. The van der Waals surface area contributed by atoms with Crippen molar-refractivity contribution in [1.29, 1.82) is 0 Å². The molecule has 0 spiro atoms. The molecule has 462 valence electrons. The second-order valence-corrected chi connectivity index (χ2v) is 24.7. The summed E-state index contributed by atoms with van der Waals surface area (Å²) in [6, 6.07) is -0.865. The number of amides is 1. The van der Waals surface area contributed by atoms with Gasteiger partial charge >= 0.3 is 13.8 Å². The fraction of sp³-hybridized carbons (Fsp3) is 0.743. The molecule has 0 aliphatic heterocycles. The van der Waals surface area contributed by atoms with E-state index in [2.05, 4.69) is 111 Å². The van der Waals surface area contributed by atoms with Gasteiger partial charge in [0.25, 0.3) is 0 Å². The second-order valence-electron chi connectivity index (χ2n) is 23.3. The Bertz CT molecular complexity index is 1690. The van der Waals surface area contributed by atoms with Crippen LogP contribution in [0.3, 0.4) is 0 Å². The van der Waals surface area contributed by atoms with Crippen LogP contribution in [0.4, 0.5) is 0 Å². The number of nitrogens with zero attached hydrogens (tertiary/aromatic N) is 1. The van der Waals surface area contributed by atoms with E-state index in [0.717, 1.165) is 103 Å². The minimum atomic E-state index is -4.46. The quantitative estimate of drug-likeness (QED) is 0.0205. The maximum Gasteiger partial charge on any atom is 0.472 e. The van der Waals surface area contributed by atoms with Crippen molar-refractivity contribution in [2.45, 2.75) is 296 Å². The van der Waals surface area contributed by atoms with Crippen LogP contribution in [-0.2, 0) is 27.9 Å². The number of phosphoric ester groups is 1. The van der Waals surface area contributed by atoms with Crippen LogP contribution in [0.1, 0.15) is 284 Å². The standard InChI is InChI=1S/C70H125N2O7P/c1-7-10-13-16-19-22-25-28-30-31-32-33-34-35-36-37-38-39-40-41-42-44-47-50-53-56-59-62-69(73)71-67(66-78-80(75,76)77-65-64-72(4,5)6)68(61-58-55-52-49-46-43-27-24-21-18-15-12-9-3)79-70(74)63-60-57-54-51-48-45-29-26-23-20-17-14-11-8-2/h11,14,19-20,22-23,28-30,32-33,35-36,45,58,61,67-68H,7-10,12-13,15-18,21,24-27,31,34,37-44,46-57,59-60,62-66H2,1-6H3,(H-,71,73,75,76)/p+1/b14-11+,22-19-,23-20+,30-28-,33-32-,36-35-,45-29+,61-58-. The van der Waals surface area contributed by atoms with Crippen molar-refractivity contribution in [2.75, 3.05) is 40.9 Å². The number of carbonyl (C=O) groups is 2. The molecule has 0 aliphatic carbocycles. The highest BCUT2D eigenvalue weighted by atomic mass is 31.2. The summed E-state index contributed by atoms with van der Waals surface area (Å²) in [6.07, 6.45) is 79.8. The molecule has 0 saturated carbocycles. The first kappa shape index (κ1) is 76.9. The first-order chi connectivity index (χ1) is 38.9. The SMILES string of the molecule is CC/C=C/C/C=C/C/C=C/CCCCCCC(=O)OC(/C=C\CCCCCCCCCCCCC)C(COP(=O)(O)OCC[N+](C)(C)C)NC(=O)CCCCCCCCCCCCC/C=C\C/C=C\C/C=C\C/C=C\CCCCC. The van der Waals surface area contributed by atoms with Crippen molar-refractivity contribution in [1.82, 2.24) is 5.32 Å². The third-order valence-electron chi connectivity index (χ3n) is 14.3. The number of phosphoric acid groups is 1. The van der Waals surface area contributed by atoms with E-state index in [9.17, 15) is 19.0 Å². The summed E-state index contributed by atoms with van der Waals surface area (Å²) < 4.78 is 30.7. The summed E-state index contributed by atoms with van der Waals surface area (Å²) in [7, 11) is 1.47. The predicted molar refractivity (Wildman–Crippen MR) is 346 cm³/mol. The Morgan fingerprint density at radius 2 is 0.800 bits per heavy atom. The molecule has 0 bridgehead atoms. The highest BCUT2D eigenvalue weighted by Gasteiger charge is 2.30. The maximum atomic E-state index is 13.6. The van der Waals surface area contributed by atoms with Crippen molar-refractivity contribution in [2.24, 2.45) is 0 Å². The number of ether oxygens (including phenoxy) is 1. The first-order valence-electron chi connectivity index (χ1n) is 33.1. The molecule has 0 aromatic heterocycles. The Kier molecular flexibility index (Phi) is 56.8. The first-order valence-corrected chi connectivity index (χ1v) is 34.6. The van der Waals surface area contributed by atoms with Crippen LogP contribution in [0.15, 0.2) is 97.2 Å². The Hall–Kier alpha value is -3.07. The molecule has 2 N–H and O–H groups in total. The molecular formula is C70H126N2O7P+. The van der Waals surface area contributed by atoms with Gasteiger partial charge in [0.15, 0.2) is 0 Å². The van der Waals surface area contributed by atoms with Crippen LogP contribution >= 0.6 is 7.82 Å². The van der Waals surface area contributed by atoms with Crippen molar-refractivity contribution in [3.63, 3.8) is 0 Å². The molecule has 0 rings (SSSR count). The zero-order valence-corrected chi connectivity index (χ0v) is 53.7. The Morgan fingerprint density at radius 3 is 1.23 bits per heavy atom. The number of rotatable bonds is 59. The lowest BCUT2D eigenvalue weighted by atomic mass is 10.0. The summed E-state index contributed by atoms with van der Waals surface area (Å²) >= 11 is 0. The fourth-order valence-electron chi connectivity index (χ4n) is 9.17. The van der Waals surface area contributed by atoms with Crippen molar-refractivity contribution < 1.29 is 37.3 Å². The molecule has 3 unspecified atom stereocenters. The number of allylic oxidation sites excluding steroid dienone is 15. The fourth-order valence-corrected chi connectivity index (χ4v) is 9.91. The molecule has 9 nitrogen and oxygen atoms in total. The van der Waals surface area contributed by atoms with Gasteiger partial charge in [-0.3, -0.25) is 18.6 Å². The molecule has 3 atom stereocenters. The molecule has 0 fully saturated rings. The van der Waals surface area contributed by atoms with Gasteiger partial charge in [0.1, 0.15) is 19.3 Å². The maximum absolute atomic E-state index is 13.6. The minimum absolute atomic E-state index is 0.0320. The van der Waals surface area contributed by atoms with E-state index in [1.807, 2.05) is 33.3 Å². The molecular weight excluding hydrogens is 1010 g/mol. The van der Waals surface area contributed by atoms with E-state index in [1.165, 1.54) is 141 Å². The van der Waals surface area contributed by atoms with Gasteiger partial charge in [-0.05, 0) is 109 Å². The van der Waals surface area contributed by atoms with Crippen LogP contribution < -0.4 is 5.32 Å². The van der Waals surface area contributed by atoms with E-state index < -0.39 is 20.0 Å². The molecule has 0 saturated heterocycles. The van der Waals surface area contributed by atoms with Gasteiger partial charge in [-0.15, -0.1) is 0 Å².